The average molecular weight is 313 g/mol. The quantitative estimate of drug-likeness (QED) is 0.867. The third kappa shape index (κ3) is 5.09. The Morgan fingerprint density at radius 1 is 1.22 bits per heavy atom. The standard InChI is InChI=1S/C15H25BrN2/c1-12(17-11-15(2,3)18(4)5)10-13-6-8-14(16)9-7-13/h6-9,12,17H,10-11H2,1-5H3. The second-order valence-corrected chi connectivity index (χ2v) is 6.74. The number of hydrogen-bond donors (Lipinski definition) is 1. The van der Waals surface area contributed by atoms with Gasteiger partial charge in [0.25, 0.3) is 0 Å². The summed E-state index contributed by atoms with van der Waals surface area (Å²) in [6, 6.07) is 9.06. The number of likely N-dealkylation sites (N-methyl/N-ethyl adjacent to an activating group) is 1. The minimum Gasteiger partial charge on any atom is -0.312 e. The topological polar surface area (TPSA) is 15.3 Å². The fraction of sp³-hybridized carbons (Fsp3) is 0.600. The van der Waals surface area contributed by atoms with Gasteiger partial charge in [-0.3, -0.25) is 0 Å². The van der Waals surface area contributed by atoms with Crippen LogP contribution in [0.2, 0.25) is 0 Å². The van der Waals surface area contributed by atoms with Gasteiger partial charge in [-0.15, -0.1) is 0 Å². The molecule has 1 N–H and O–H groups in total. The molecule has 0 spiro atoms. The smallest absolute Gasteiger partial charge is 0.0271 e. The third-order valence-electron chi connectivity index (χ3n) is 3.55. The molecule has 0 bridgehead atoms. The summed E-state index contributed by atoms with van der Waals surface area (Å²) in [5.41, 5.74) is 1.56. The van der Waals surface area contributed by atoms with E-state index in [4.69, 9.17) is 0 Å². The lowest BCUT2D eigenvalue weighted by atomic mass is 10.0. The molecule has 102 valence electrons. The van der Waals surface area contributed by atoms with Crippen LogP contribution in [-0.4, -0.2) is 37.1 Å². The van der Waals surface area contributed by atoms with Gasteiger partial charge < -0.3 is 10.2 Å². The lowest BCUT2D eigenvalue weighted by Crippen LogP contribution is -2.49. The van der Waals surface area contributed by atoms with Crippen molar-refractivity contribution in [3.05, 3.63) is 34.3 Å². The molecule has 0 aliphatic rings. The largest absolute Gasteiger partial charge is 0.312 e. The van der Waals surface area contributed by atoms with Gasteiger partial charge in [-0.1, -0.05) is 28.1 Å². The van der Waals surface area contributed by atoms with Crippen LogP contribution in [0, 0.1) is 0 Å². The van der Waals surface area contributed by atoms with Crippen molar-refractivity contribution < 1.29 is 0 Å². The van der Waals surface area contributed by atoms with E-state index in [-0.39, 0.29) is 5.54 Å². The van der Waals surface area contributed by atoms with Gasteiger partial charge >= 0.3 is 0 Å². The Morgan fingerprint density at radius 2 is 1.78 bits per heavy atom. The minimum atomic E-state index is 0.188. The van der Waals surface area contributed by atoms with E-state index in [2.05, 4.69) is 85.3 Å². The molecule has 0 aliphatic heterocycles. The van der Waals surface area contributed by atoms with E-state index in [1.807, 2.05) is 0 Å². The van der Waals surface area contributed by atoms with Crippen LogP contribution in [0.3, 0.4) is 0 Å². The first kappa shape index (κ1) is 15.7. The van der Waals surface area contributed by atoms with Gasteiger partial charge in [0.15, 0.2) is 0 Å². The molecule has 0 heterocycles. The predicted octanol–water partition coefficient (Wildman–Crippen LogP) is 3.31. The molecule has 2 nitrogen and oxygen atoms in total. The first-order valence-corrected chi connectivity index (χ1v) is 7.26. The highest BCUT2D eigenvalue weighted by Gasteiger charge is 2.20. The fourth-order valence-corrected chi connectivity index (χ4v) is 1.89. The van der Waals surface area contributed by atoms with Crippen molar-refractivity contribution in [3.63, 3.8) is 0 Å². The number of rotatable bonds is 6. The zero-order chi connectivity index (χ0) is 13.8. The fourth-order valence-electron chi connectivity index (χ4n) is 1.63. The number of nitrogens with zero attached hydrogens (tertiary/aromatic N) is 1. The normalized spacial score (nSPS) is 13.9. The predicted molar refractivity (Wildman–Crippen MR) is 83.1 cm³/mol. The van der Waals surface area contributed by atoms with Gasteiger partial charge in [0.2, 0.25) is 0 Å². The van der Waals surface area contributed by atoms with E-state index >= 15 is 0 Å². The van der Waals surface area contributed by atoms with Crippen molar-refractivity contribution in [2.75, 3.05) is 20.6 Å². The van der Waals surface area contributed by atoms with E-state index in [1.54, 1.807) is 0 Å². The monoisotopic (exact) mass is 312 g/mol. The molecule has 0 aliphatic carbocycles. The molecular formula is C15H25BrN2. The third-order valence-corrected chi connectivity index (χ3v) is 4.08. The van der Waals surface area contributed by atoms with Crippen molar-refractivity contribution in [1.82, 2.24) is 10.2 Å². The van der Waals surface area contributed by atoms with Crippen LogP contribution in [0.1, 0.15) is 26.3 Å². The number of benzene rings is 1. The van der Waals surface area contributed by atoms with E-state index in [0.717, 1.165) is 17.4 Å². The molecular weight excluding hydrogens is 288 g/mol. The molecule has 1 rings (SSSR count). The molecule has 1 unspecified atom stereocenters. The van der Waals surface area contributed by atoms with Gasteiger partial charge in [0.1, 0.15) is 0 Å². The van der Waals surface area contributed by atoms with Crippen LogP contribution < -0.4 is 5.32 Å². The summed E-state index contributed by atoms with van der Waals surface area (Å²) < 4.78 is 1.14. The molecule has 0 radical (unpaired) electrons. The van der Waals surface area contributed by atoms with Crippen molar-refractivity contribution in [2.45, 2.75) is 38.8 Å². The summed E-state index contributed by atoms with van der Waals surface area (Å²) in [6.07, 6.45) is 1.07. The van der Waals surface area contributed by atoms with Gasteiger partial charge in [-0.2, -0.15) is 0 Å². The minimum absolute atomic E-state index is 0.188. The molecule has 0 fully saturated rings. The molecule has 1 aromatic rings. The highest BCUT2D eigenvalue weighted by Crippen LogP contribution is 2.13. The Hall–Kier alpha value is -0.380. The summed E-state index contributed by atoms with van der Waals surface area (Å²) in [7, 11) is 4.25. The second-order valence-electron chi connectivity index (χ2n) is 5.82. The van der Waals surface area contributed by atoms with Crippen molar-refractivity contribution >= 4 is 15.9 Å². The lowest BCUT2D eigenvalue weighted by molar-refractivity contribution is 0.185. The van der Waals surface area contributed by atoms with E-state index in [1.165, 1.54) is 5.56 Å². The first-order valence-electron chi connectivity index (χ1n) is 6.46. The zero-order valence-corrected chi connectivity index (χ0v) is 13.7. The van der Waals surface area contributed by atoms with Gasteiger partial charge in [0, 0.05) is 22.6 Å². The summed E-state index contributed by atoms with van der Waals surface area (Å²) in [4.78, 5) is 2.26. The first-order chi connectivity index (χ1) is 8.31. The van der Waals surface area contributed by atoms with Crippen molar-refractivity contribution in [3.8, 4) is 0 Å². The second kappa shape index (κ2) is 6.69. The van der Waals surface area contributed by atoms with Gasteiger partial charge in [-0.05, 0) is 59.0 Å². The molecule has 3 heteroatoms. The van der Waals surface area contributed by atoms with E-state index in [9.17, 15) is 0 Å². The summed E-state index contributed by atoms with van der Waals surface area (Å²) in [5.74, 6) is 0. The average Bonchev–Trinajstić information content (AvgIpc) is 2.29. The van der Waals surface area contributed by atoms with Crippen LogP contribution in [0.4, 0.5) is 0 Å². The van der Waals surface area contributed by atoms with Crippen LogP contribution in [-0.2, 0) is 6.42 Å². The maximum absolute atomic E-state index is 3.61. The number of nitrogens with one attached hydrogen (secondary N) is 1. The zero-order valence-electron chi connectivity index (χ0n) is 12.1. The molecule has 0 saturated heterocycles. The van der Waals surface area contributed by atoms with Crippen molar-refractivity contribution in [2.24, 2.45) is 0 Å². The van der Waals surface area contributed by atoms with Crippen LogP contribution in [0.25, 0.3) is 0 Å². The molecule has 0 amide bonds. The van der Waals surface area contributed by atoms with Gasteiger partial charge in [0.05, 0.1) is 0 Å². The summed E-state index contributed by atoms with van der Waals surface area (Å²) in [6.45, 7) is 7.75. The molecule has 1 atom stereocenters. The molecule has 0 aromatic heterocycles. The highest BCUT2D eigenvalue weighted by molar-refractivity contribution is 9.10. The van der Waals surface area contributed by atoms with Crippen LogP contribution in [0.15, 0.2) is 28.7 Å². The van der Waals surface area contributed by atoms with E-state index < -0.39 is 0 Å². The Balaban J connectivity index is 2.42. The maximum Gasteiger partial charge on any atom is 0.0271 e. The SMILES string of the molecule is CC(Cc1ccc(Br)cc1)NCC(C)(C)N(C)C. The van der Waals surface area contributed by atoms with Gasteiger partial charge in [-0.25, -0.2) is 0 Å². The Kier molecular flexibility index (Phi) is 5.83. The summed E-state index contributed by atoms with van der Waals surface area (Å²) >= 11 is 3.46. The molecule has 18 heavy (non-hydrogen) atoms. The summed E-state index contributed by atoms with van der Waals surface area (Å²) in [5, 5.41) is 3.61. The Labute approximate surface area is 120 Å². The highest BCUT2D eigenvalue weighted by atomic mass is 79.9. The Bertz CT molecular complexity index is 357. The number of halogens is 1. The van der Waals surface area contributed by atoms with Crippen LogP contribution >= 0.6 is 15.9 Å². The molecule has 0 saturated carbocycles. The van der Waals surface area contributed by atoms with Crippen molar-refractivity contribution in [1.29, 1.82) is 0 Å². The molecule has 1 aromatic carbocycles. The lowest BCUT2D eigenvalue weighted by Gasteiger charge is -2.34. The Morgan fingerprint density at radius 3 is 2.28 bits per heavy atom. The maximum atomic E-state index is 3.61. The number of hydrogen-bond acceptors (Lipinski definition) is 2. The van der Waals surface area contributed by atoms with E-state index in [0.29, 0.717) is 6.04 Å². The van der Waals surface area contributed by atoms with Crippen LogP contribution in [0.5, 0.6) is 0 Å².